The van der Waals surface area contributed by atoms with Gasteiger partial charge in [-0.2, -0.15) is 10.2 Å². The van der Waals surface area contributed by atoms with E-state index in [2.05, 4.69) is 24.6 Å². The van der Waals surface area contributed by atoms with Crippen molar-refractivity contribution in [1.82, 2.24) is 34.0 Å². The minimum absolute atomic E-state index is 0.0204. The lowest BCUT2D eigenvalue weighted by Gasteiger charge is -2.27. The van der Waals surface area contributed by atoms with Gasteiger partial charge in [0.25, 0.3) is 20.0 Å². The van der Waals surface area contributed by atoms with Crippen molar-refractivity contribution in [3.63, 3.8) is 0 Å². The molecule has 2 unspecified atom stereocenters. The molecule has 18 heteroatoms. The number of carbonyl (C=O) groups excluding carboxylic acids is 2. The molecular formula is C35H28Cl2FN7O6S2. The van der Waals surface area contributed by atoms with Crippen molar-refractivity contribution in [2.45, 2.75) is 35.5 Å². The fourth-order valence-electron chi connectivity index (χ4n) is 5.63. The van der Waals surface area contributed by atoms with Crippen LogP contribution in [0.5, 0.6) is 0 Å². The van der Waals surface area contributed by atoms with E-state index in [1.54, 1.807) is 26.0 Å². The van der Waals surface area contributed by atoms with Crippen molar-refractivity contribution in [2.75, 3.05) is 0 Å². The number of hydrogen-bond acceptors (Lipinski definition) is 9. The molecule has 0 aliphatic carbocycles. The van der Waals surface area contributed by atoms with Crippen molar-refractivity contribution in [3.8, 4) is 11.4 Å². The number of sulfonamides is 2. The van der Waals surface area contributed by atoms with Gasteiger partial charge in [-0.15, -0.1) is 0 Å². The molecule has 2 atom stereocenters. The second kappa shape index (κ2) is 14.9. The Morgan fingerprint density at radius 3 is 1.55 bits per heavy atom. The summed E-state index contributed by atoms with van der Waals surface area (Å²) in [7, 11) is -9.25. The van der Waals surface area contributed by atoms with Crippen molar-refractivity contribution in [3.05, 3.63) is 148 Å². The van der Waals surface area contributed by atoms with Crippen molar-refractivity contribution in [2.24, 2.45) is 0 Å². The topological polar surface area (TPSA) is 175 Å². The molecule has 0 saturated heterocycles. The Labute approximate surface area is 313 Å². The highest BCUT2D eigenvalue weighted by molar-refractivity contribution is 7.90. The third-order valence-electron chi connectivity index (χ3n) is 7.91. The van der Waals surface area contributed by atoms with Crippen LogP contribution in [0.4, 0.5) is 4.39 Å². The molecule has 0 spiro atoms. The largest absolute Gasteiger partial charge is 0.273 e. The molecular weight excluding hydrogens is 768 g/mol. The first kappa shape index (κ1) is 37.3. The van der Waals surface area contributed by atoms with Crippen LogP contribution in [-0.2, 0) is 29.6 Å². The minimum atomic E-state index is -4.63. The maximum absolute atomic E-state index is 14.7. The van der Waals surface area contributed by atoms with E-state index in [4.69, 9.17) is 23.2 Å². The first-order valence-corrected chi connectivity index (χ1v) is 19.3. The molecule has 13 nitrogen and oxygen atoms in total. The van der Waals surface area contributed by atoms with Gasteiger partial charge in [0.2, 0.25) is 11.8 Å². The highest BCUT2D eigenvalue weighted by Gasteiger charge is 2.44. The molecule has 0 radical (unpaired) electrons. The van der Waals surface area contributed by atoms with E-state index in [0.717, 1.165) is 6.07 Å². The Hall–Kier alpha value is -5.42. The van der Waals surface area contributed by atoms with Gasteiger partial charge in [-0.1, -0.05) is 29.3 Å². The fraction of sp³-hybridized carbons (Fsp3) is 0.114. The van der Waals surface area contributed by atoms with Crippen LogP contribution >= 0.6 is 23.2 Å². The number of hydrogen-bond donors (Lipinski definition) is 2. The van der Waals surface area contributed by atoms with E-state index < -0.39 is 49.5 Å². The molecule has 272 valence electrons. The lowest BCUT2D eigenvalue weighted by molar-refractivity contribution is -0.127. The molecule has 6 aromatic rings. The van der Waals surface area contributed by atoms with Gasteiger partial charge in [0, 0.05) is 16.2 Å². The van der Waals surface area contributed by atoms with E-state index in [1.807, 2.05) is 0 Å². The van der Waals surface area contributed by atoms with E-state index in [9.17, 15) is 30.8 Å². The third-order valence-corrected chi connectivity index (χ3v) is 11.1. The summed E-state index contributed by atoms with van der Waals surface area (Å²) < 4.78 is 75.9. The minimum Gasteiger partial charge on any atom is -0.273 e. The SMILES string of the molecule is Cc1cc(C(C(=O)NS(=O)(=O)c2ccc(Cl)cc2)C(C(=O)NS(=O)(=O)c2ccc(Cl)cc2)c2cc(C)nn2-c2cccc(F)c2)n(-c2cccnc2)n1. The van der Waals surface area contributed by atoms with E-state index in [0.29, 0.717) is 17.1 Å². The zero-order valence-electron chi connectivity index (χ0n) is 27.7. The van der Waals surface area contributed by atoms with Crippen LogP contribution in [0.3, 0.4) is 0 Å². The molecule has 0 fully saturated rings. The number of halogens is 3. The number of aromatic nitrogens is 5. The van der Waals surface area contributed by atoms with E-state index >= 15 is 0 Å². The lowest BCUT2D eigenvalue weighted by Crippen LogP contribution is -2.44. The number of aryl methyl sites for hydroxylation is 2. The number of pyridine rings is 1. The number of carbonyl (C=O) groups is 2. The smallest absolute Gasteiger partial charge is 0.264 e. The van der Waals surface area contributed by atoms with Crippen LogP contribution in [0, 0.1) is 19.7 Å². The van der Waals surface area contributed by atoms with Gasteiger partial charge < -0.3 is 0 Å². The Morgan fingerprint density at radius 1 is 0.660 bits per heavy atom. The van der Waals surface area contributed by atoms with Crippen molar-refractivity contribution in [1.29, 1.82) is 0 Å². The van der Waals surface area contributed by atoms with Gasteiger partial charge in [0.1, 0.15) is 5.82 Å². The number of rotatable bonds is 11. The Balaban J connectivity index is 1.60. The number of nitrogens with zero attached hydrogens (tertiary/aromatic N) is 5. The van der Waals surface area contributed by atoms with E-state index in [1.165, 1.54) is 101 Å². The molecule has 0 aliphatic rings. The Kier molecular flexibility index (Phi) is 10.5. The zero-order valence-corrected chi connectivity index (χ0v) is 30.8. The molecule has 3 aromatic carbocycles. The summed E-state index contributed by atoms with van der Waals surface area (Å²) in [6, 6.07) is 21.3. The summed E-state index contributed by atoms with van der Waals surface area (Å²) in [4.78, 5) is 32.9. The van der Waals surface area contributed by atoms with Gasteiger partial charge in [-0.25, -0.2) is 40.0 Å². The second-order valence-corrected chi connectivity index (χ2v) is 16.0. The fourth-order valence-corrected chi connectivity index (χ4v) is 7.89. The van der Waals surface area contributed by atoms with Crippen molar-refractivity contribution >= 4 is 55.1 Å². The predicted octanol–water partition coefficient (Wildman–Crippen LogP) is 5.39. The standard InChI is InChI=1S/C35H28Cl2FN7O6S2/c1-21-17-30(44(40-21)26-6-3-5-25(38)19-26)32(34(46)42-52(48,49)28-12-8-23(36)9-13-28)33(31-18-22(2)41-45(31)27-7-4-16-39-20-27)35(47)43-53(50,51)29-14-10-24(37)11-15-29/h3-20,32-33H,1-2H3,(H,42,46)(H,43,47). The summed E-state index contributed by atoms with van der Waals surface area (Å²) >= 11 is 11.9. The van der Waals surface area contributed by atoms with Gasteiger partial charge in [-0.3, -0.25) is 14.6 Å². The van der Waals surface area contributed by atoms with Gasteiger partial charge in [0.05, 0.1) is 62.0 Å². The highest BCUT2D eigenvalue weighted by atomic mass is 35.5. The molecule has 2 amide bonds. The number of benzene rings is 3. The van der Waals surface area contributed by atoms with Gasteiger partial charge in [-0.05, 0) is 105 Å². The molecule has 6 rings (SSSR count). The average Bonchev–Trinajstić information content (AvgIpc) is 3.69. The van der Waals surface area contributed by atoms with E-state index in [-0.39, 0.29) is 36.9 Å². The molecule has 53 heavy (non-hydrogen) atoms. The predicted molar refractivity (Wildman–Crippen MR) is 193 cm³/mol. The summed E-state index contributed by atoms with van der Waals surface area (Å²) in [5, 5.41) is 9.44. The van der Waals surface area contributed by atoms with Crippen LogP contribution in [0.15, 0.2) is 119 Å². The quantitative estimate of drug-likeness (QED) is 0.174. The summed E-state index contributed by atoms with van der Waals surface area (Å²) in [5.74, 6) is -6.85. The highest BCUT2D eigenvalue weighted by Crippen LogP contribution is 2.38. The molecule has 0 bridgehead atoms. The Morgan fingerprint density at radius 2 is 1.11 bits per heavy atom. The van der Waals surface area contributed by atoms with Gasteiger partial charge in [0.15, 0.2) is 0 Å². The van der Waals surface area contributed by atoms with Crippen LogP contribution in [0.25, 0.3) is 11.4 Å². The molecule has 3 heterocycles. The first-order valence-electron chi connectivity index (χ1n) is 15.6. The van der Waals surface area contributed by atoms with Crippen LogP contribution < -0.4 is 9.44 Å². The normalized spacial score (nSPS) is 12.9. The van der Waals surface area contributed by atoms with Crippen LogP contribution in [0.1, 0.15) is 34.6 Å². The average molecular weight is 797 g/mol. The molecule has 3 aromatic heterocycles. The number of nitrogens with one attached hydrogen (secondary N) is 2. The maximum Gasteiger partial charge on any atom is 0.264 e. The summed E-state index contributed by atoms with van der Waals surface area (Å²) in [6.07, 6.45) is 2.93. The first-order chi connectivity index (χ1) is 25.1. The summed E-state index contributed by atoms with van der Waals surface area (Å²) in [5.41, 5.74) is 0.996. The van der Waals surface area contributed by atoms with Crippen molar-refractivity contribution < 1.29 is 30.8 Å². The van der Waals surface area contributed by atoms with Crippen LogP contribution in [0.2, 0.25) is 10.0 Å². The second-order valence-electron chi connectivity index (χ2n) is 11.7. The monoisotopic (exact) mass is 795 g/mol. The van der Waals surface area contributed by atoms with Crippen LogP contribution in [-0.4, -0.2) is 53.2 Å². The Bertz CT molecular complexity index is 2550. The molecule has 0 saturated carbocycles. The lowest BCUT2D eigenvalue weighted by atomic mass is 9.84. The van der Waals surface area contributed by atoms with Gasteiger partial charge >= 0.3 is 0 Å². The third kappa shape index (κ3) is 8.15. The number of amides is 2. The summed E-state index contributed by atoms with van der Waals surface area (Å²) in [6.45, 7) is 3.18. The molecule has 0 aliphatic heterocycles. The zero-order chi connectivity index (χ0) is 38.1. The maximum atomic E-state index is 14.7. The molecule has 2 N–H and O–H groups in total.